The van der Waals surface area contributed by atoms with E-state index in [9.17, 15) is 14.4 Å². The predicted octanol–water partition coefficient (Wildman–Crippen LogP) is 4.26. The number of nitrogens with zero attached hydrogens (tertiary/aromatic N) is 1. The van der Waals surface area contributed by atoms with Gasteiger partial charge in [0.15, 0.2) is 6.61 Å². The van der Waals surface area contributed by atoms with E-state index in [2.05, 4.69) is 9.88 Å². The summed E-state index contributed by atoms with van der Waals surface area (Å²) in [7, 11) is 0. The number of Topliss-reactive ketones (excluding diaryl/α,β-unsaturated/α-hetero) is 1. The molecule has 1 N–H and O–H groups in total. The fourth-order valence-electron chi connectivity index (χ4n) is 3.93. The third kappa shape index (κ3) is 4.80. The Hall–Kier alpha value is -3.67. The van der Waals surface area contributed by atoms with Crippen molar-refractivity contribution in [3.8, 4) is 11.1 Å². The van der Waals surface area contributed by atoms with E-state index < -0.39 is 5.97 Å². The molecule has 3 aromatic rings. The SMILES string of the molecule is Cc1cc(C(=O)COC(=O)CNC(=O)c2ccc(-c3ccccc3)cc2)c(C)n1C1CC1. The number of hydrogen-bond donors (Lipinski definition) is 1. The van der Waals surface area contributed by atoms with E-state index in [0.717, 1.165) is 35.4 Å². The van der Waals surface area contributed by atoms with Crippen molar-refractivity contribution < 1.29 is 19.1 Å². The number of aromatic nitrogens is 1. The molecule has 0 radical (unpaired) electrons. The van der Waals surface area contributed by atoms with Crippen LogP contribution in [-0.4, -0.2) is 35.4 Å². The van der Waals surface area contributed by atoms with Crippen LogP contribution in [0.5, 0.6) is 0 Å². The highest BCUT2D eigenvalue weighted by Gasteiger charge is 2.28. The third-order valence-corrected chi connectivity index (χ3v) is 5.71. The molecule has 32 heavy (non-hydrogen) atoms. The minimum absolute atomic E-state index is 0.235. The van der Waals surface area contributed by atoms with Gasteiger partial charge in [-0.15, -0.1) is 0 Å². The van der Waals surface area contributed by atoms with Gasteiger partial charge < -0.3 is 14.6 Å². The number of carbonyl (C=O) groups is 3. The van der Waals surface area contributed by atoms with Crippen molar-refractivity contribution in [1.82, 2.24) is 9.88 Å². The molecule has 0 bridgehead atoms. The van der Waals surface area contributed by atoms with E-state index in [0.29, 0.717) is 17.2 Å². The summed E-state index contributed by atoms with van der Waals surface area (Å²) in [5.41, 5.74) is 5.06. The van der Waals surface area contributed by atoms with Gasteiger partial charge in [-0.25, -0.2) is 0 Å². The zero-order chi connectivity index (χ0) is 22.7. The molecule has 0 saturated heterocycles. The molecule has 2 aromatic carbocycles. The van der Waals surface area contributed by atoms with Gasteiger partial charge in [0.2, 0.25) is 5.78 Å². The first-order chi connectivity index (χ1) is 15.4. The van der Waals surface area contributed by atoms with E-state index in [-0.39, 0.29) is 24.8 Å². The molecular formula is C26H26N2O4. The van der Waals surface area contributed by atoms with E-state index in [1.54, 1.807) is 12.1 Å². The normalized spacial score (nSPS) is 12.9. The minimum Gasteiger partial charge on any atom is -0.456 e. The molecule has 6 heteroatoms. The van der Waals surface area contributed by atoms with Crippen LogP contribution in [0.1, 0.15) is 51.0 Å². The van der Waals surface area contributed by atoms with Gasteiger partial charge in [0.25, 0.3) is 5.91 Å². The van der Waals surface area contributed by atoms with Crippen LogP contribution in [-0.2, 0) is 9.53 Å². The number of nitrogens with one attached hydrogen (secondary N) is 1. The largest absolute Gasteiger partial charge is 0.456 e. The molecule has 4 rings (SSSR count). The zero-order valence-electron chi connectivity index (χ0n) is 18.3. The lowest BCUT2D eigenvalue weighted by Crippen LogP contribution is -2.31. The van der Waals surface area contributed by atoms with Crippen LogP contribution in [0.15, 0.2) is 60.7 Å². The van der Waals surface area contributed by atoms with Crippen molar-refractivity contribution in [1.29, 1.82) is 0 Å². The maximum Gasteiger partial charge on any atom is 0.325 e. The molecule has 1 aliphatic rings. The van der Waals surface area contributed by atoms with Crippen molar-refractivity contribution in [3.05, 3.63) is 83.2 Å². The highest BCUT2D eigenvalue weighted by Crippen LogP contribution is 2.38. The number of hydrogen-bond acceptors (Lipinski definition) is 4. The molecule has 1 heterocycles. The lowest BCUT2D eigenvalue weighted by Gasteiger charge is -2.08. The predicted molar refractivity (Wildman–Crippen MR) is 122 cm³/mol. The van der Waals surface area contributed by atoms with Crippen LogP contribution in [0.25, 0.3) is 11.1 Å². The summed E-state index contributed by atoms with van der Waals surface area (Å²) in [5, 5.41) is 2.54. The number of ether oxygens (including phenoxy) is 1. The monoisotopic (exact) mass is 430 g/mol. The number of aryl methyl sites for hydroxylation is 1. The topological polar surface area (TPSA) is 77.4 Å². The number of amides is 1. The molecule has 0 spiro atoms. The van der Waals surface area contributed by atoms with Crippen LogP contribution in [0, 0.1) is 13.8 Å². The maximum absolute atomic E-state index is 12.5. The van der Waals surface area contributed by atoms with E-state index in [1.807, 2.05) is 62.4 Å². The number of carbonyl (C=O) groups excluding carboxylic acids is 3. The van der Waals surface area contributed by atoms with Crippen LogP contribution >= 0.6 is 0 Å². The zero-order valence-corrected chi connectivity index (χ0v) is 18.3. The summed E-state index contributed by atoms with van der Waals surface area (Å²) in [6.45, 7) is 3.27. The van der Waals surface area contributed by atoms with Crippen LogP contribution in [0.3, 0.4) is 0 Å². The van der Waals surface area contributed by atoms with Gasteiger partial charge in [0.1, 0.15) is 6.54 Å². The average molecular weight is 431 g/mol. The van der Waals surface area contributed by atoms with Crippen molar-refractivity contribution in [2.45, 2.75) is 32.7 Å². The minimum atomic E-state index is -0.649. The Labute approximate surface area is 187 Å². The second-order valence-electron chi connectivity index (χ2n) is 8.10. The summed E-state index contributed by atoms with van der Waals surface area (Å²) in [6.07, 6.45) is 2.27. The van der Waals surface area contributed by atoms with Crippen molar-refractivity contribution in [2.75, 3.05) is 13.2 Å². The molecule has 1 aliphatic carbocycles. The Morgan fingerprint density at radius 3 is 2.28 bits per heavy atom. The molecule has 0 atom stereocenters. The number of esters is 1. The number of benzene rings is 2. The van der Waals surface area contributed by atoms with E-state index >= 15 is 0 Å². The van der Waals surface area contributed by atoms with Crippen LogP contribution in [0.4, 0.5) is 0 Å². The first kappa shape index (κ1) is 21.6. The lowest BCUT2D eigenvalue weighted by molar-refractivity contribution is -0.141. The van der Waals surface area contributed by atoms with Crippen LogP contribution in [0.2, 0.25) is 0 Å². The Kier molecular flexibility index (Phi) is 6.21. The highest BCUT2D eigenvalue weighted by molar-refractivity contribution is 6.00. The Morgan fingerprint density at radius 2 is 1.62 bits per heavy atom. The summed E-state index contributed by atoms with van der Waals surface area (Å²) < 4.78 is 7.27. The fourth-order valence-corrected chi connectivity index (χ4v) is 3.93. The van der Waals surface area contributed by atoms with Gasteiger partial charge >= 0.3 is 5.97 Å². The quantitative estimate of drug-likeness (QED) is 0.428. The maximum atomic E-state index is 12.5. The van der Waals surface area contributed by atoms with Gasteiger partial charge in [-0.05, 0) is 56.0 Å². The van der Waals surface area contributed by atoms with E-state index in [4.69, 9.17) is 4.74 Å². The second-order valence-corrected chi connectivity index (χ2v) is 8.10. The molecule has 1 fully saturated rings. The van der Waals surface area contributed by atoms with Crippen LogP contribution < -0.4 is 5.32 Å². The standard InChI is InChI=1S/C26H26N2O4/c1-17-14-23(18(2)28(17)22-12-13-22)24(29)16-32-25(30)15-27-26(31)21-10-8-20(9-11-21)19-6-4-3-5-7-19/h3-11,14,22H,12-13,15-16H2,1-2H3,(H,27,31). The molecule has 1 amide bonds. The second kappa shape index (κ2) is 9.22. The van der Waals surface area contributed by atoms with Gasteiger partial charge in [0.05, 0.1) is 0 Å². The van der Waals surface area contributed by atoms with E-state index in [1.165, 1.54) is 0 Å². The molecule has 6 nitrogen and oxygen atoms in total. The average Bonchev–Trinajstić information content (AvgIpc) is 3.60. The summed E-state index contributed by atoms with van der Waals surface area (Å²) in [6, 6.07) is 19.3. The van der Waals surface area contributed by atoms with Gasteiger partial charge in [-0.2, -0.15) is 0 Å². The van der Waals surface area contributed by atoms with Gasteiger partial charge in [-0.3, -0.25) is 14.4 Å². The van der Waals surface area contributed by atoms with Crippen molar-refractivity contribution in [2.24, 2.45) is 0 Å². The summed E-state index contributed by atoms with van der Waals surface area (Å²) in [4.78, 5) is 36.9. The molecule has 1 aromatic heterocycles. The lowest BCUT2D eigenvalue weighted by atomic mass is 10.0. The van der Waals surface area contributed by atoms with Crippen molar-refractivity contribution >= 4 is 17.7 Å². The number of rotatable bonds is 8. The molecule has 0 aliphatic heterocycles. The Balaban J connectivity index is 1.26. The summed E-state index contributed by atoms with van der Waals surface area (Å²) in [5.74, 6) is -1.26. The van der Waals surface area contributed by atoms with Gasteiger partial charge in [-0.1, -0.05) is 42.5 Å². The third-order valence-electron chi connectivity index (χ3n) is 5.71. The first-order valence-corrected chi connectivity index (χ1v) is 10.7. The Bertz CT molecular complexity index is 1140. The van der Waals surface area contributed by atoms with Crippen molar-refractivity contribution in [3.63, 3.8) is 0 Å². The van der Waals surface area contributed by atoms with Gasteiger partial charge in [0, 0.05) is 28.6 Å². The summed E-state index contributed by atoms with van der Waals surface area (Å²) >= 11 is 0. The highest BCUT2D eigenvalue weighted by atomic mass is 16.5. The molecule has 0 unspecified atom stereocenters. The smallest absolute Gasteiger partial charge is 0.325 e. The fraction of sp³-hybridized carbons (Fsp3) is 0.269. The Morgan fingerprint density at radius 1 is 0.969 bits per heavy atom. The molecule has 164 valence electrons. The molecular weight excluding hydrogens is 404 g/mol. The number of ketones is 1. The molecule has 1 saturated carbocycles. The first-order valence-electron chi connectivity index (χ1n) is 10.7.